The molecular weight excluding hydrogens is 432 g/mol. The quantitative estimate of drug-likeness (QED) is 0.389. The van der Waals surface area contributed by atoms with Crippen LogP contribution in [-0.2, 0) is 9.53 Å². The van der Waals surface area contributed by atoms with Crippen LogP contribution in [-0.4, -0.2) is 68.2 Å². The molecule has 0 atom stereocenters. The first-order valence-electron chi connectivity index (χ1n) is 10.6. The first kappa shape index (κ1) is 22.1. The second-order valence-electron chi connectivity index (χ2n) is 7.73. The average molecular weight is 457 g/mol. The Morgan fingerprint density at radius 1 is 0.969 bits per heavy atom. The van der Waals surface area contributed by atoms with Crippen LogP contribution in [0.4, 0.5) is 17.1 Å². The Balaban J connectivity index is 1.40. The monoisotopic (exact) mass is 456 g/mol. The van der Waals surface area contributed by atoms with Crippen LogP contribution in [0.3, 0.4) is 0 Å². The summed E-state index contributed by atoms with van der Waals surface area (Å²) in [6.07, 6.45) is 3.37. The molecule has 2 fully saturated rings. The highest BCUT2D eigenvalue weighted by molar-refractivity contribution is 6.30. The molecule has 2 aliphatic rings. The van der Waals surface area contributed by atoms with Gasteiger partial charge in [0.05, 0.1) is 18.1 Å². The van der Waals surface area contributed by atoms with Crippen LogP contribution in [0.2, 0.25) is 5.02 Å². The summed E-state index contributed by atoms with van der Waals surface area (Å²) in [6, 6.07) is 12.6. The number of piperazine rings is 1. The third kappa shape index (κ3) is 5.20. The molecule has 1 amide bonds. The Morgan fingerprint density at radius 2 is 1.66 bits per heavy atom. The van der Waals surface area contributed by atoms with Crippen molar-refractivity contribution in [3.8, 4) is 0 Å². The topological polar surface area (TPSA) is 79.2 Å². The van der Waals surface area contributed by atoms with Gasteiger partial charge in [-0.2, -0.15) is 0 Å². The van der Waals surface area contributed by atoms with E-state index in [2.05, 4.69) is 4.90 Å². The van der Waals surface area contributed by atoms with Crippen molar-refractivity contribution in [3.05, 3.63) is 69.2 Å². The van der Waals surface area contributed by atoms with Gasteiger partial charge in [0.2, 0.25) is 5.91 Å². The Hall–Kier alpha value is -3.10. The Labute approximate surface area is 191 Å². The van der Waals surface area contributed by atoms with E-state index in [-0.39, 0.29) is 16.5 Å². The van der Waals surface area contributed by atoms with E-state index in [9.17, 15) is 14.9 Å². The summed E-state index contributed by atoms with van der Waals surface area (Å²) in [6.45, 7) is 4.90. The molecule has 2 aliphatic heterocycles. The summed E-state index contributed by atoms with van der Waals surface area (Å²) in [4.78, 5) is 29.7. The van der Waals surface area contributed by atoms with Crippen molar-refractivity contribution >= 4 is 40.6 Å². The van der Waals surface area contributed by atoms with Gasteiger partial charge in [0.25, 0.3) is 5.69 Å². The highest BCUT2D eigenvalue weighted by atomic mass is 35.5. The van der Waals surface area contributed by atoms with Crippen molar-refractivity contribution in [3.63, 3.8) is 0 Å². The number of anilines is 2. The molecule has 0 saturated carbocycles. The third-order valence-corrected chi connectivity index (χ3v) is 6.00. The van der Waals surface area contributed by atoms with E-state index < -0.39 is 0 Å². The number of nitro groups is 1. The molecule has 8 nitrogen and oxygen atoms in total. The van der Waals surface area contributed by atoms with Gasteiger partial charge in [-0.05, 0) is 35.9 Å². The van der Waals surface area contributed by atoms with Crippen molar-refractivity contribution in [2.45, 2.75) is 0 Å². The fourth-order valence-electron chi connectivity index (χ4n) is 3.95. The number of carbonyl (C=O) groups excluding carboxylic acids is 1. The van der Waals surface area contributed by atoms with Crippen molar-refractivity contribution in [1.82, 2.24) is 4.90 Å². The summed E-state index contributed by atoms with van der Waals surface area (Å²) in [5.41, 5.74) is 2.58. The van der Waals surface area contributed by atoms with Gasteiger partial charge in [0.15, 0.2) is 0 Å². The number of halogens is 1. The Bertz CT molecular complexity index is 998. The zero-order valence-corrected chi connectivity index (χ0v) is 18.4. The van der Waals surface area contributed by atoms with E-state index in [0.29, 0.717) is 63.2 Å². The van der Waals surface area contributed by atoms with Crippen molar-refractivity contribution in [2.75, 3.05) is 62.3 Å². The maximum absolute atomic E-state index is 12.6. The van der Waals surface area contributed by atoms with Crippen LogP contribution in [0.15, 0.2) is 48.5 Å². The normalized spacial score (nSPS) is 17.1. The van der Waals surface area contributed by atoms with Crippen LogP contribution in [0.25, 0.3) is 6.08 Å². The van der Waals surface area contributed by atoms with E-state index in [1.54, 1.807) is 36.4 Å². The minimum atomic E-state index is -0.335. The number of hydrogen-bond acceptors (Lipinski definition) is 6. The minimum Gasteiger partial charge on any atom is -0.378 e. The number of amides is 1. The maximum Gasteiger partial charge on any atom is 0.292 e. The van der Waals surface area contributed by atoms with E-state index in [1.807, 2.05) is 28.0 Å². The minimum absolute atomic E-state index is 0.0303. The lowest BCUT2D eigenvalue weighted by Gasteiger charge is -2.36. The smallest absolute Gasteiger partial charge is 0.292 e. The number of carbonyl (C=O) groups is 1. The molecule has 9 heteroatoms. The highest BCUT2D eigenvalue weighted by Crippen LogP contribution is 2.33. The summed E-state index contributed by atoms with van der Waals surface area (Å²) in [5, 5.41) is 12.2. The number of nitrogens with zero attached hydrogens (tertiary/aromatic N) is 4. The second-order valence-corrected chi connectivity index (χ2v) is 8.16. The zero-order valence-electron chi connectivity index (χ0n) is 17.7. The molecule has 2 aromatic rings. The van der Waals surface area contributed by atoms with Crippen LogP contribution < -0.4 is 9.80 Å². The van der Waals surface area contributed by atoms with Gasteiger partial charge in [-0.25, -0.2) is 0 Å². The molecule has 4 rings (SSSR count). The zero-order chi connectivity index (χ0) is 22.5. The summed E-state index contributed by atoms with van der Waals surface area (Å²) in [5.74, 6) is -0.0303. The molecular formula is C23H25ClN4O4. The van der Waals surface area contributed by atoms with Gasteiger partial charge in [-0.3, -0.25) is 14.9 Å². The van der Waals surface area contributed by atoms with Gasteiger partial charge in [-0.1, -0.05) is 23.7 Å². The number of ether oxygens (including phenoxy) is 1. The second kappa shape index (κ2) is 10.0. The average Bonchev–Trinajstić information content (AvgIpc) is 2.83. The molecule has 0 aliphatic carbocycles. The van der Waals surface area contributed by atoms with Crippen LogP contribution in [0, 0.1) is 10.1 Å². The molecule has 0 N–H and O–H groups in total. The first-order valence-corrected chi connectivity index (χ1v) is 11.0. The molecule has 0 radical (unpaired) electrons. The van der Waals surface area contributed by atoms with Gasteiger partial charge in [-0.15, -0.1) is 0 Å². The highest BCUT2D eigenvalue weighted by Gasteiger charge is 2.25. The number of morpholine rings is 1. The van der Waals surface area contributed by atoms with E-state index >= 15 is 0 Å². The van der Waals surface area contributed by atoms with E-state index in [1.165, 1.54) is 0 Å². The summed E-state index contributed by atoms with van der Waals surface area (Å²) in [7, 11) is 0. The first-order chi connectivity index (χ1) is 15.5. The number of hydrogen-bond donors (Lipinski definition) is 0. The standard InChI is InChI=1S/C23H25ClN4O4/c24-19-4-1-18(2-5-19)3-8-23(29)27-11-9-25(10-12-27)20-6-7-21(28(30)31)22(17-20)26-13-15-32-16-14-26/h1-8,17H,9-16H2/b8-3+. The number of rotatable bonds is 5. The van der Waals surface area contributed by atoms with Gasteiger partial charge in [0.1, 0.15) is 5.69 Å². The fourth-order valence-corrected chi connectivity index (χ4v) is 4.08. The molecule has 2 heterocycles. The molecule has 2 saturated heterocycles. The summed E-state index contributed by atoms with van der Waals surface area (Å²) >= 11 is 5.89. The van der Waals surface area contributed by atoms with Gasteiger partial charge in [0, 0.05) is 62.1 Å². The lowest BCUT2D eigenvalue weighted by Crippen LogP contribution is -2.48. The lowest BCUT2D eigenvalue weighted by molar-refractivity contribution is -0.384. The SMILES string of the molecule is O=C(/C=C/c1ccc(Cl)cc1)N1CCN(c2ccc([N+](=O)[O-])c(N3CCOCC3)c2)CC1. The van der Waals surface area contributed by atoms with E-state index in [0.717, 1.165) is 11.3 Å². The number of benzene rings is 2. The van der Waals surface area contributed by atoms with Crippen LogP contribution in [0.1, 0.15) is 5.56 Å². The van der Waals surface area contributed by atoms with Gasteiger partial charge >= 0.3 is 0 Å². The molecule has 168 valence electrons. The maximum atomic E-state index is 12.6. The van der Waals surface area contributed by atoms with Crippen molar-refractivity contribution in [2.24, 2.45) is 0 Å². The van der Waals surface area contributed by atoms with Crippen molar-refractivity contribution < 1.29 is 14.5 Å². The third-order valence-electron chi connectivity index (χ3n) is 5.75. The largest absolute Gasteiger partial charge is 0.378 e. The lowest BCUT2D eigenvalue weighted by atomic mass is 10.1. The van der Waals surface area contributed by atoms with Gasteiger partial charge < -0.3 is 19.4 Å². The Kier molecular flexibility index (Phi) is 6.92. The molecule has 32 heavy (non-hydrogen) atoms. The summed E-state index contributed by atoms with van der Waals surface area (Å²) < 4.78 is 5.38. The molecule has 0 aromatic heterocycles. The Morgan fingerprint density at radius 3 is 2.31 bits per heavy atom. The van der Waals surface area contributed by atoms with Crippen LogP contribution >= 0.6 is 11.6 Å². The van der Waals surface area contributed by atoms with Crippen LogP contribution in [0.5, 0.6) is 0 Å². The number of nitro benzene ring substituents is 1. The molecule has 0 unspecified atom stereocenters. The van der Waals surface area contributed by atoms with E-state index in [4.69, 9.17) is 16.3 Å². The molecule has 2 aromatic carbocycles. The van der Waals surface area contributed by atoms with Crippen molar-refractivity contribution in [1.29, 1.82) is 0 Å². The molecule has 0 bridgehead atoms. The fraction of sp³-hybridized carbons (Fsp3) is 0.348. The predicted octanol–water partition coefficient (Wildman–Crippen LogP) is 3.45. The predicted molar refractivity (Wildman–Crippen MR) is 125 cm³/mol. The molecule has 0 spiro atoms.